The van der Waals surface area contributed by atoms with Crippen LogP contribution in [-0.4, -0.2) is 42.2 Å². The number of hydrogen-bond acceptors (Lipinski definition) is 4. The van der Waals surface area contributed by atoms with Crippen LogP contribution in [0.15, 0.2) is 47.3 Å². The first-order valence-electron chi connectivity index (χ1n) is 10.6. The lowest BCUT2D eigenvalue weighted by Gasteiger charge is -2.26. The quantitative estimate of drug-likeness (QED) is 0.655. The highest BCUT2D eigenvalue weighted by Crippen LogP contribution is 2.22. The van der Waals surface area contributed by atoms with Gasteiger partial charge in [-0.3, -0.25) is 9.59 Å². The number of carbonyl (C=O) groups is 1. The number of aromatic nitrogens is 1. The van der Waals surface area contributed by atoms with Gasteiger partial charge in [0.05, 0.1) is 25.3 Å². The third-order valence-corrected chi connectivity index (χ3v) is 5.93. The van der Waals surface area contributed by atoms with Crippen LogP contribution >= 0.6 is 0 Å². The zero-order chi connectivity index (χ0) is 22.0. The summed E-state index contributed by atoms with van der Waals surface area (Å²) in [6.07, 6.45) is 1.88. The largest absolute Gasteiger partial charge is 0.497 e. The number of carbonyl (C=O) groups excluding carboxylic acids is 1. The zero-order valence-electron chi connectivity index (χ0n) is 18.2. The van der Waals surface area contributed by atoms with Crippen LogP contribution in [0.3, 0.4) is 0 Å². The topological polar surface area (TPSA) is 71.6 Å². The molecule has 4 rings (SSSR count). The number of ether oxygens (including phenoxy) is 2. The number of H-pyrrole nitrogens is 1. The van der Waals surface area contributed by atoms with Crippen molar-refractivity contribution in [2.24, 2.45) is 0 Å². The van der Waals surface area contributed by atoms with E-state index in [-0.39, 0.29) is 24.1 Å². The van der Waals surface area contributed by atoms with Crippen LogP contribution < -0.4 is 10.3 Å². The average molecular weight is 421 g/mol. The maximum Gasteiger partial charge on any atom is 0.254 e. The maximum absolute atomic E-state index is 13.4. The predicted octanol–water partition coefficient (Wildman–Crippen LogP) is 3.97. The fourth-order valence-corrected chi connectivity index (χ4v) is 4.13. The van der Waals surface area contributed by atoms with Crippen molar-refractivity contribution in [3.05, 3.63) is 75.1 Å². The Morgan fingerprint density at radius 2 is 2.00 bits per heavy atom. The summed E-state index contributed by atoms with van der Waals surface area (Å²) in [4.78, 5) is 31.0. The number of nitrogens with one attached hydrogen (secondary N) is 1. The second-order valence-corrected chi connectivity index (χ2v) is 8.16. The minimum atomic E-state index is -0.169. The molecule has 1 N–H and O–H groups in total. The number of hydrogen-bond donors (Lipinski definition) is 1. The summed E-state index contributed by atoms with van der Waals surface area (Å²) < 4.78 is 11.1. The fourth-order valence-electron chi connectivity index (χ4n) is 4.13. The number of pyridine rings is 1. The standard InChI is InChI=1S/C25H28N2O4/c1-16-9-10-17(2)23-22(16)13-19(24(28)26-23)14-27(15-21-8-5-11-31-21)25(29)18-6-4-7-20(12-18)30-3/h4,6-7,9-10,12-13,21H,5,8,11,14-15H2,1-3H3,(H,26,28)/t21-/m1/s1. The van der Waals surface area contributed by atoms with Gasteiger partial charge in [0, 0.05) is 29.7 Å². The monoisotopic (exact) mass is 420 g/mol. The van der Waals surface area contributed by atoms with Gasteiger partial charge >= 0.3 is 0 Å². The molecule has 6 nitrogen and oxygen atoms in total. The van der Waals surface area contributed by atoms with E-state index in [9.17, 15) is 9.59 Å². The molecule has 0 aliphatic carbocycles. The van der Waals surface area contributed by atoms with Gasteiger partial charge in [0.1, 0.15) is 5.75 Å². The van der Waals surface area contributed by atoms with Gasteiger partial charge < -0.3 is 19.4 Å². The molecule has 1 aromatic heterocycles. The summed E-state index contributed by atoms with van der Waals surface area (Å²) in [6, 6.07) is 13.1. The first-order chi connectivity index (χ1) is 15.0. The fraction of sp³-hybridized carbons (Fsp3) is 0.360. The van der Waals surface area contributed by atoms with Gasteiger partial charge in [-0.15, -0.1) is 0 Å². The Bertz CT molecular complexity index is 1160. The SMILES string of the molecule is COc1cccc(C(=O)N(Cc2cc3c(C)ccc(C)c3[nH]c2=O)C[C@H]2CCCO2)c1. The van der Waals surface area contributed by atoms with Gasteiger partial charge in [-0.25, -0.2) is 0 Å². The predicted molar refractivity (Wildman–Crippen MR) is 121 cm³/mol. The molecule has 1 saturated heterocycles. The third kappa shape index (κ3) is 4.49. The van der Waals surface area contributed by atoms with Crippen LogP contribution in [0.5, 0.6) is 5.75 Å². The Kier molecular flexibility index (Phi) is 6.09. The van der Waals surface area contributed by atoms with E-state index in [4.69, 9.17) is 9.47 Å². The average Bonchev–Trinajstić information content (AvgIpc) is 3.29. The second-order valence-electron chi connectivity index (χ2n) is 8.16. The Labute approximate surface area is 181 Å². The van der Waals surface area contributed by atoms with Crippen molar-refractivity contribution in [1.29, 1.82) is 0 Å². The lowest BCUT2D eigenvalue weighted by atomic mass is 10.0. The molecule has 2 aromatic carbocycles. The van der Waals surface area contributed by atoms with Crippen molar-refractivity contribution >= 4 is 16.8 Å². The van der Waals surface area contributed by atoms with Gasteiger partial charge in [0.25, 0.3) is 11.5 Å². The van der Waals surface area contributed by atoms with Crippen LogP contribution in [0.2, 0.25) is 0 Å². The number of nitrogens with zero attached hydrogens (tertiary/aromatic N) is 1. The Hall–Kier alpha value is -3.12. The number of benzene rings is 2. The zero-order valence-corrected chi connectivity index (χ0v) is 18.2. The molecule has 0 radical (unpaired) electrons. The van der Waals surface area contributed by atoms with E-state index in [0.29, 0.717) is 30.0 Å². The number of fused-ring (bicyclic) bond motifs is 1. The van der Waals surface area contributed by atoms with Crippen LogP contribution in [-0.2, 0) is 11.3 Å². The van der Waals surface area contributed by atoms with Gasteiger partial charge in [0.2, 0.25) is 0 Å². The molecule has 162 valence electrons. The summed E-state index contributed by atoms with van der Waals surface area (Å²) >= 11 is 0. The van der Waals surface area contributed by atoms with E-state index in [1.807, 2.05) is 32.0 Å². The Morgan fingerprint density at radius 3 is 2.74 bits per heavy atom. The van der Waals surface area contributed by atoms with E-state index in [1.165, 1.54) is 0 Å². The van der Waals surface area contributed by atoms with Gasteiger partial charge in [0.15, 0.2) is 0 Å². The molecule has 31 heavy (non-hydrogen) atoms. The Balaban J connectivity index is 1.70. The molecular weight excluding hydrogens is 392 g/mol. The first kappa shape index (κ1) is 21.1. The highest BCUT2D eigenvalue weighted by atomic mass is 16.5. The normalized spacial score (nSPS) is 15.9. The van der Waals surface area contributed by atoms with Crippen LogP contribution in [0, 0.1) is 13.8 Å². The van der Waals surface area contributed by atoms with Crippen molar-refractivity contribution in [1.82, 2.24) is 9.88 Å². The molecule has 0 bridgehead atoms. The molecule has 6 heteroatoms. The summed E-state index contributed by atoms with van der Waals surface area (Å²) in [5, 5.41) is 1.00. The number of methoxy groups -OCH3 is 1. The smallest absolute Gasteiger partial charge is 0.254 e. The summed E-state index contributed by atoms with van der Waals surface area (Å²) in [7, 11) is 1.58. The highest BCUT2D eigenvalue weighted by molar-refractivity contribution is 5.94. The van der Waals surface area contributed by atoms with Gasteiger partial charge in [-0.05, 0) is 62.1 Å². The lowest BCUT2D eigenvalue weighted by molar-refractivity contribution is 0.0506. The maximum atomic E-state index is 13.4. The molecule has 1 amide bonds. The third-order valence-electron chi connectivity index (χ3n) is 5.93. The minimum Gasteiger partial charge on any atom is -0.497 e. The Morgan fingerprint density at radius 1 is 1.19 bits per heavy atom. The van der Waals surface area contributed by atoms with Crippen LogP contribution in [0.1, 0.15) is 39.9 Å². The number of amides is 1. The van der Waals surface area contributed by atoms with Gasteiger partial charge in [-0.1, -0.05) is 18.2 Å². The molecule has 1 atom stereocenters. The molecule has 1 fully saturated rings. The van der Waals surface area contributed by atoms with E-state index < -0.39 is 0 Å². The molecule has 2 heterocycles. The van der Waals surface area contributed by atoms with E-state index >= 15 is 0 Å². The second kappa shape index (κ2) is 8.94. The number of aromatic amines is 1. The van der Waals surface area contributed by atoms with Gasteiger partial charge in [-0.2, -0.15) is 0 Å². The van der Waals surface area contributed by atoms with E-state index in [0.717, 1.165) is 34.9 Å². The van der Waals surface area contributed by atoms with Crippen molar-refractivity contribution < 1.29 is 14.3 Å². The van der Waals surface area contributed by atoms with Crippen molar-refractivity contribution in [3.8, 4) is 5.75 Å². The lowest BCUT2D eigenvalue weighted by Crippen LogP contribution is -2.38. The number of rotatable bonds is 6. The van der Waals surface area contributed by atoms with Crippen molar-refractivity contribution in [3.63, 3.8) is 0 Å². The highest BCUT2D eigenvalue weighted by Gasteiger charge is 2.25. The van der Waals surface area contributed by atoms with Crippen LogP contribution in [0.4, 0.5) is 0 Å². The summed E-state index contributed by atoms with van der Waals surface area (Å²) in [5.74, 6) is 0.479. The van der Waals surface area contributed by atoms with Crippen molar-refractivity contribution in [2.75, 3.05) is 20.3 Å². The number of aryl methyl sites for hydroxylation is 2. The molecule has 0 unspecified atom stereocenters. The molecule has 3 aromatic rings. The van der Waals surface area contributed by atoms with Crippen LogP contribution in [0.25, 0.3) is 10.9 Å². The van der Waals surface area contributed by atoms with E-state index in [1.54, 1.807) is 36.3 Å². The van der Waals surface area contributed by atoms with Crippen molar-refractivity contribution in [2.45, 2.75) is 39.3 Å². The molecule has 1 aliphatic rings. The minimum absolute atomic E-state index is 0.0157. The van der Waals surface area contributed by atoms with E-state index in [2.05, 4.69) is 4.98 Å². The summed E-state index contributed by atoms with van der Waals surface area (Å²) in [5.41, 5.74) is 3.88. The first-order valence-corrected chi connectivity index (χ1v) is 10.6. The molecule has 1 aliphatic heterocycles. The molecular formula is C25H28N2O4. The summed E-state index contributed by atoms with van der Waals surface area (Å²) in [6.45, 7) is 5.37. The molecule has 0 spiro atoms. The molecule has 0 saturated carbocycles.